The number of methoxy groups -OCH3 is 1. The number of hydrogen-bond donors (Lipinski definition) is 1. The fourth-order valence-corrected chi connectivity index (χ4v) is 2.60. The molecule has 1 atom stereocenters. The van der Waals surface area contributed by atoms with Crippen molar-refractivity contribution in [3.63, 3.8) is 0 Å². The summed E-state index contributed by atoms with van der Waals surface area (Å²) in [6.45, 7) is 2.97. The molecule has 0 aromatic heterocycles. The second-order valence-corrected chi connectivity index (χ2v) is 5.81. The first-order chi connectivity index (χ1) is 10.8. The Morgan fingerprint density at radius 3 is 2.48 bits per heavy atom. The number of Topliss-reactive ketones (excluding diaryl/α,β-unsaturated/α-hetero) is 1. The number of nitrogens with zero attached hydrogens (tertiary/aromatic N) is 1. The average Bonchev–Trinajstić information content (AvgIpc) is 3.31. The molecule has 1 aromatic rings. The highest BCUT2D eigenvalue weighted by Crippen LogP contribution is 2.30. The Balaban J connectivity index is 2.25. The molecule has 23 heavy (non-hydrogen) atoms. The molecule has 0 bridgehead atoms. The maximum atomic E-state index is 12.6. The molecule has 0 spiro atoms. The molecular formula is C17H21NO5. The molecule has 0 saturated heterocycles. The van der Waals surface area contributed by atoms with Crippen molar-refractivity contribution in [1.29, 1.82) is 0 Å². The van der Waals surface area contributed by atoms with E-state index in [1.165, 1.54) is 25.9 Å². The normalized spacial score (nSPS) is 14.9. The Bertz CT molecular complexity index is 636. The number of aliphatic carboxylic acids is 1. The lowest BCUT2D eigenvalue weighted by Gasteiger charge is -2.27. The van der Waals surface area contributed by atoms with Crippen molar-refractivity contribution in [2.45, 2.75) is 45.2 Å². The van der Waals surface area contributed by atoms with Gasteiger partial charge < -0.3 is 14.7 Å². The van der Waals surface area contributed by atoms with Crippen molar-refractivity contribution >= 4 is 17.7 Å². The third kappa shape index (κ3) is 3.88. The highest BCUT2D eigenvalue weighted by Gasteiger charge is 2.38. The minimum absolute atomic E-state index is 0.00409. The van der Waals surface area contributed by atoms with Gasteiger partial charge in [0.25, 0.3) is 0 Å². The van der Waals surface area contributed by atoms with Crippen LogP contribution in [0.4, 0.5) is 0 Å². The number of ether oxygens (including phenoxy) is 1. The zero-order valence-corrected chi connectivity index (χ0v) is 13.5. The van der Waals surface area contributed by atoms with Crippen LogP contribution in [-0.2, 0) is 16.0 Å². The van der Waals surface area contributed by atoms with E-state index < -0.39 is 12.0 Å². The lowest BCUT2D eigenvalue weighted by Crippen LogP contribution is -2.45. The SMILES string of the molecule is COc1ccc(C(C)=O)cc1CC(=O)N(C1CC1)C(C)C(=O)O. The molecule has 124 valence electrons. The minimum Gasteiger partial charge on any atom is -0.496 e. The van der Waals surface area contributed by atoms with Crippen LogP contribution in [0.3, 0.4) is 0 Å². The highest BCUT2D eigenvalue weighted by molar-refractivity contribution is 5.95. The molecule has 1 amide bonds. The first-order valence-corrected chi connectivity index (χ1v) is 7.57. The number of ketones is 1. The second-order valence-electron chi connectivity index (χ2n) is 5.81. The van der Waals surface area contributed by atoms with Gasteiger partial charge in [0.1, 0.15) is 11.8 Å². The van der Waals surface area contributed by atoms with Crippen LogP contribution in [0.5, 0.6) is 5.75 Å². The molecule has 2 rings (SSSR count). The Hall–Kier alpha value is -2.37. The van der Waals surface area contributed by atoms with Crippen LogP contribution in [0.25, 0.3) is 0 Å². The monoisotopic (exact) mass is 319 g/mol. The van der Waals surface area contributed by atoms with Gasteiger partial charge in [-0.05, 0) is 44.9 Å². The van der Waals surface area contributed by atoms with Crippen molar-refractivity contribution in [2.24, 2.45) is 0 Å². The number of carboxylic acids is 1. The first kappa shape index (κ1) is 17.0. The van der Waals surface area contributed by atoms with Crippen LogP contribution >= 0.6 is 0 Å². The molecule has 1 unspecified atom stereocenters. The molecular weight excluding hydrogens is 298 g/mol. The van der Waals surface area contributed by atoms with Gasteiger partial charge in [0.15, 0.2) is 5.78 Å². The predicted octanol–water partition coefficient (Wildman–Crippen LogP) is 1.90. The summed E-state index contributed by atoms with van der Waals surface area (Å²) in [5, 5.41) is 9.20. The number of benzene rings is 1. The van der Waals surface area contributed by atoms with Crippen LogP contribution < -0.4 is 4.74 Å². The molecule has 1 fully saturated rings. The van der Waals surface area contributed by atoms with Gasteiger partial charge in [0.2, 0.25) is 5.91 Å². The lowest BCUT2D eigenvalue weighted by molar-refractivity contribution is -0.149. The van der Waals surface area contributed by atoms with Gasteiger partial charge in [-0.3, -0.25) is 9.59 Å². The molecule has 0 heterocycles. The van der Waals surface area contributed by atoms with E-state index in [1.54, 1.807) is 18.2 Å². The fraction of sp³-hybridized carbons (Fsp3) is 0.471. The standard InChI is InChI=1S/C17H21NO5/c1-10(17(21)22)18(14-5-6-14)16(20)9-13-8-12(11(2)19)4-7-15(13)23-3/h4,7-8,10,14H,5-6,9H2,1-3H3,(H,21,22). The number of hydrogen-bond acceptors (Lipinski definition) is 4. The summed E-state index contributed by atoms with van der Waals surface area (Å²) >= 11 is 0. The summed E-state index contributed by atoms with van der Waals surface area (Å²) < 4.78 is 5.25. The minimum atomic E-state index is -1.02. The van der Waals surface area contributed by atoms with Gasteiger partial charge in [-0.15, -0.1) is 0 Å². The number of rotatable bonds is 7. The van der Waals surface area contributed by atoms with Crippen molar-refractivity contribution < 1.29 is 24.2 Å². The third-order valence-corrected chi connectivity index (χ3v) is 4.03. The smallest absolute Gasteiger partial charge is 0.326 e. The van der Waals surface area contributed by atoms with Crippen molar-refractivity contribution in [2.75, 3.05) is 7.11 Å². The van der Waals surface area contributed by atoms with E-state index in [0.717, 1.165) is 12.8 Å². The van der Waals surface area contributed by atoms with Crippen LogP contribution in [0, 0.1) is 0 Å². The van der Waals surface area contributed by atoms with E-state index in [2.05, 4.69) is 0 Å². The van der Waals surface area contributed by atoms with Crippen molar-refractivity contribution in [3.8, 4) is 5.75 Å². The maximum Gasteiger partial charge on any atom is 0.326 e. The van der Waals surface area contributed by atoms with E-state index in [4.69, 9.17) is 4.74 Å². The molecule has 0 radical (unpaired) electrons. The number of amides is 1. The topological polar surface area (TPSA) is 83.9 Å². The summed E-state index contributed by atoms with van der Waals surface area (Å²) in [5.41, 5.74) is 1.09. The van der Waals surface area contributed by atoms with Crippen molar-refractivity contribution in [1.82, 2.24) is 4.90 Å². The molecule has 6 heteroatoms. The van der Waals surface area contributed by atoms with E-state index in [-0.39, 0.29) is 24.2 Å². The van der Waals surface area contributed by atoms with Crippen molar-refractivity contribution in [3.05, 3.63) is 29.3 Å². The van der Waals surface area contributed by atoms with E-state index >= 15 is 0 Å². The Kier molecular flexibility index (Phi) is 5.03. The summed E-state index contributed by atoms with van der Waals surface area (Å²) in [7, 11) is 1.50. The van der Waals surface area contributed by atoms with E-state index in [9.17, 15) is 19.5 Å². The number of carbonyl (C=O) groups excluding carboxylic acids is 2. The van der Waals surface area contributed by atoms with Gasteiger partial charge in [0, 0.05) is 17.2 Å². The van der Waals surface area contributed by atoms with Gasteiger partial charge in [-0.1, -0.05) is 0 Å². The number of carbonyl (C=O) groups is 3. The largest absolute Gasteiger partial charge is 0.496 e. The fourth-order valence-electron chi connectivity index (χ4n) is 2.60. The molecule has 0 aliphatic heterocycles. The zero-order chi connectivity index (χ0) is 17.1. The lowest BCUT2D eigenvalue weighted by atomic mass is 10.0. The summed E-state index contributed by atoms with van der Waals surface area (Å²) in [6.07, 6.45) is 1.67. The first-order valence-electron chi connectivity index (χ1n) is 7.57. The van der Waals surface area contributed by atoms with Gasteiger partial charge in [-0.25, -0.2) is 4.79 Å². The second kappa shape index (κ2) is 6.81. The van der Waals surface area contributed by atoms with Gasteiger partial charge in [-0.2, -0.15) is 0 Å². The third-order valence-electron chi connectivity index (χ3n) is 4.03. The Morgan fingerprint density at radius 1 is 1.35 bits per heavy atom. The molecule has 1 aliphatic rings. The van der Waals surface area contributed by atoms with Gasteiger partial charge in [0.05, 0.1) is 13.5 Å². The predicted molar refractivity (Wildman–Crippen MR) is 83.7 cm³/mol. The van der Waals surface area contributed by atoms with Crippen LogP contribution in [0.15, 0.2) is 18.2 Å². The quantitative estimate of drug-likeness (QED) is 0.776. The van der Waals surface area contributed by atoms with Crippen LogP contribution in [0.2, 0.25) is 0 Å². The maximum absolute atomic E-state index is 12.6. The molecule has 1 aliphatic carbocycles. The summed E-state index contributed by atoms with van der Waals surface area (Å²) in [5.74, 6) is -0.863. The molecule has 1 saturated carbocycles. The Labute approximate surface area is 135 Å². The molecule has 1 N–H and O–H groups in total. The van der Waals surface area contributed by atoms with Crippen LogP contribution in [-0.4, -0.2) is 46.9 Å². The summed E-state index contributed by atoms with van der Waals surface area (Å²) in [6, 6.07) is 4.07. The van der Waals surface area contributed by atoms with E-state index in [1.807, 2.05) is 0 Å². The van der Waals surface area contributed by atoms with Crippen LogP contribution in [0.1, 0.15) is 42.6 Å². The average molecular weight is 319 g/mol. The Morgan fingerprint density at radius 2 is 2.00 bits per heavy atom. The molecule has 6 nitrogen and oxygen atoms in total. The number of carboxylic acid groups (broad SMARTS) is 1. The summed E-state index contributed by atoms with van der Waals surface area (Å²) in [4.78, 5) is 36.8. The van der Waals surface area contributed by atoms with Gasteiger partial charge >= 0.3 is 5.97 Å². The zero-order valence-electron chi connectivity index (χ0n) is 13.5. The highest BCUT2D eigenvalue weighted by atomic mass is 16.5. The van der Waals surface area contributed by atoms with E-state index in [0.29, 0.717) is 16.9 Å². The molecule has 1 aromatic carbocycles.